The summed E-state index contributed by atoms with van der Waals surface area (Å²) in [5.41, 5.74) is 1.66. The highest BCUT2D eigenvalue weighted by Gasteiger charge is 2.22. The molecular weight excluding hydrogens is 226 g/mol. The van der Waals surface area contributed by atoms with E-state index in [2.05, 4.69) is 5.32 Å². The molecule has 90 valence electrons. The number of carbonyl (C=O) groups is 1. The van der Waals surface area contributed by atoms with Gasteiger partial charge in [0.15, 0.2) is 0 Å². The first-order valence-corrected chi connectivity index (χ1v) is 5.93. The van der Waals surface area contributed by atoms with E-state index in [9.17, 15) is 4.79 Å². The molecule has 1 amide bonds. The summed E-state index contributed by atoms with van der Waals surface area (Å²) in [5, 5.41) is 2.89. The zero-order chi connectivity index (χ0) is 12.4. The second-order valence-corrected chi connectivity index (χ2v) is 4.22. The first kappa shape index (κ1) is 10.8. The van der Waals surface area contributed by atoms with E-state index in [4.69, 9.17) is 4.74 Å². The molecule has 0 saturated heterocycles. The van der Waals surface area contributed by atoms with Crippen LogP contribution in [0.15, 0.2) is 54.6 Å². The third-order valence-corrected chi connectivity index (χ3v) is 3.02. The maximum atomic E-state index is 11.9. The van der Waals surface area contributed by atoms with Crippen LogP contribution in [0.3, 0.4) is 0 Å². The molecule has 1 heterocycles. The van der Waals surface area contributed by atoms with Crippen molar-refractivity contribution in [3.63, 3.8) is 0 Å². The minimum Gasteiger partial charge on any atom is -0.483 e. The molecule has 0 bridgehead atoms. The number of fused-ring (bicyclic) bond motifs is 1. The summed E-state index contributed by atoms with van der Waals surface area (Å²) in [4.78, 5) is 11.9. The van der Waals surface area contributed by atoms with E-state index < -0.39 is 0 Å². The van der Waals surface area contributed by atoms with Crippen molar-refractivity contribution in [3.8, 4) is 5.75 Å². The van der Waals surface area contributed by atoms with Crippen LogP contribution in [0, 0.1) is 0 Å². The predicted octanol–water partition coefficient (Wildman–Crippen LogP) is 2.55. The summed E-state index contributed by atoms with van der Waals surface area (Å²) in [6.07, 6.45) is -0.140. The zero-order valence-corrected chi connectivity index (χ0v) is 9.80. The maximum Gasteiger partial charge on any atom is 0.255 e. The zero-order valence-electron chi connectivity index (χ0n) is 9.80. The highest BCUT2D eigenvalue weighted by atomic mass is 16.5. The average molecular weight is 239 g/mol. The quantitative estimate of drug-likeness (QED) is 0.830. The standard InChI is InChI=1S/C15H13NO2/c17-15-12-8-4-5-9-13(12)18-14(10-16-15)11-6-2-1-3-7-11/h1-9,14H,10H2,(H,16,17)/t14-/m0/s1. The lowest BCUT2D eigenvalue weighted by Gasteiger charge is -2.16. The highest BCUT2D eigenvalue weighted by molar-refractivity contribution is 5.97. The van der Waals surface area contributed by atoms with E-state index >= 15 is 0 Å². The highest BCUT2D eigenvalue weighted by Crippen LogP contribution is 2.27. The summed E-state index contributed by atoms with van der Waals surface area (Å²) in [6.45, 7) is 0.484. The van der Waals surface area contributed by atoms with E-state index in [1.54, 1.807) is 6.07 Å². The molecule has 1 aliphatic rings. The molecule has 0 radical (unpaired) electrons. The van der Waals surface area contributed by atoms with Gasteiger partial charge in [-0.2, -0.15) is 0 Å². The molecule has 1 atom stereocenters. The molecule has 1 N–H and O–H groups in total. The van der Waals surface area contributed by atoms with Crippen molar-refractivity contribution in [2.24, 2.45) is 0 Å². The van der Waals surface area contributed by atoms with Gasteiger partial charge in [0.1, 0.15) is 11.9 Å². The van der Waals surface area contributed by atoms with Gasteiger partial charge >= 0.3 is 0 Å². The predicted molar refractivity (Wildman–Crippen MR) is 68.6 cm³/mol. The number of hydrogen-bond acceptors (Lipinski definition) is 2. The largest absolute Gasteiger partial charge is 0.483 e. The Morgan fingerprint density at radius 2 is 1.72 bits per heavy atom. The van der Waals surface area contributed by atoms with Crippen LogP contribution < -0.4 is 10.1 Å². The van der Waals surface area contributed by atoms with Crippen molar-refractivity contribution in [2.45, 2.75) is 6.10 Å². The van der Waals surface area contributed by atoms with Crippen molar-refractivity contribution < 1.29 is 9.53 Å². The Morgan fingerprint density at radius 1 is 1.00 bits per heavy atom. The molecule has 3 rings (SSSR count). The normalized spacial score (nSPS) is 18.2. The summed E-state index contributed by atoms with van der Waals surface area (Å²) >= 11 is 0. The van der Waals surface area contributed by atoms with Crippen LogP contribution in [0.1, 0.15) is 22.0 Å². The Balaban J connectivity index is 1.97. The van der Waals surface area contributed by atoms with Crippen molar-refractivity contribution in [1.29, 1.82) is 0 Å². The Bertz CT molecular complexity index is 566. The first-order valence-electron chi connectivity index (χ1n) is 5.93. The van der Waals surface area contributed by atoms with Gasteiger partial charge in [-0.3, -0.25) is 4.79 Å². The van der Waals surface area contributed by atoms with Gasteiger partial charge in [0.25, 0.3) is 5.91 Å². The van der Waals surface area contributed by atoms with Crippen LogP contribution >= 0.6 is 0 Å². The maximum absolute atomic E-state index is 11.9. The fraction of sp³-hybridized carbons (Fsp3) is 0.133. The molecule has 3 heteroatoms. The number of ether oxygens (including phenoxy) is 1. The topological polar surface area (TPSA) is 38.3 Å². The lowest BCUT2D eigenvalue weighted by atomic mass is 10.1. The molecule has 0 spiro atoms. The first-order chi connectivity index (χ1) is 8.84. The fourth-order valence-corrected chi connectivity index (χ4v) is 2.09. The molecule has 0 unspecified atom stereocenters. The Hall–Kier alpha value is -2.29. The third kappa shape index (κ3) is 1.95. The molecule has 0 aliphatic carbocycles. The second kappa shape index (κ2) is 4.53. The molecule has 2 aromatic rings. The number of nitrogens with one attached hydrogen (secondary N) is 1. The molecule has 18 heavy (non-hydrogen) atoms. The Morgan fingerprint density at radius 3 is 2.56 bits per heavy atom. The smallest absolute Gasteiger partial charge is 0.255 e. The minimum absolute atomic E-state index is 0.0796. The van der Waals surface area contributed by atoms with Gasteiger partial charge in [0, 0.05) is 0 Å². The lowest BCUT2D eigenvalue weighted by Crippen LogP contribution is -2.26. The van der Waals surface area contributed by atoms with Gasteiger partial charge in [-0.25, -0.2) is 0 Å². The number of amides is 1. The minimum atomic E-state index is -0.140. The third-order valence-electron chi connectivity index (χ3n) is 3.02. The van der Waals surface area contributed by atoms with Crippen molar-refractivity contribution in [1.82, 2.24) is 5.32 Å². The van der Waals surface area contributed by atoms with E-state index in [0.29, 0.717) is 17.9 Å². The number of benzene rings is 2. The number of carbonyl (C=O) groups excluding carboxylic acids is 1. The van der Waals surface area contributed by atoms with Crippen LogP contribution in [0.4, 0.5) is 0 Å². The molecule has 2 aromatic carbocycles. The molecule has 0 saturated carbocycles. The van der Waals surface area contributed by atoms with Crippen LogP contribution in [0.5, 0.6) is 5.75 Å². The van der Waals surface area contributed by atoms with Gasteiger partial charge in [-0.1, -0.05) is 42.5 Å². The van der Waals surface area contributed by atoms with Crippen molar-refractivity contribution >= 4 is 5.91 Å². The van der Waals surface area contributed by atoms with Crippen LogP contribution in [-0.2, 0) is 0 Å². The van der Waals surface area contributed by atoms with Crippen LogP contribution in [0.25, 0.3) is 0 Å². The summed E-state index contributed by atoms with van der Waals surface area (Å²) < 4.78 is 5.93. The van der Waals surface area contributed by atoms with E-state index in [0.717, 1.165) is 5.56 Å². The monoisotopic (exact) mass is 239 g/mol. The number of hydrogen-bond donors (Lipinski definition) is 1. The van der Waals surface area contributed by atoms with Gasteiger partial charge in [0.2, 0.25) is 0 Å². The second-order valence-electron chi connectivity index (χ2n) is 4.22. The van der Waals surface area contributed by atoms with Gasteiger partial charge in [-0.15, -0.1) is 0 Å². The summed E-state index contributed by atoms with van der Waals surface area (Å²) in [6, 6.07) is 17.2. The molecule has 3 nitrogen and oxygen atoms in total. The number of para-hydroxylation sites is 1. The molecule has 1 aliphatic heterocycles. The molecule has 0 aromatic heterocycles. The van der Waals surface area contributed by atoms with Crippen molar-refractivity contribution in [3.05, 3.63) is 65.7 Å². The van der Waals surface area contributed by atoms with E-state index in [1.165, 1.54) is 0 Å². The van der Waals surface area contributed by atoms with Crippen LogP contribution in [-0.4, -0.2) is 12.5 Å². The summed E-state index contributed by atoms with van der Waals surface area (Å²) in [5.74, 6) is 0.561. The Labute approximate surface area is 105 Å². The fourth-order valence-electron chi connectivity index (χ4n) is 2.09. The lowest BCUT2D eigenvalue weighted by molar-refractivity contribution is 0.0951. The number of rotatable bonds is 1. The molecular formula is C15H13NO2. The summed E-state index contributed by atoms with van der Waals surface area (Å²) in [7, 11) is 0. The van der Waals surface area contributed by atoms with E-state index in [-0.39, 0.29) is 12.0 Å². The molecule has 0 fully saturated rings. The van der Waals surface area contributed by atoms with Gasteiger partial charge in [0.05, 0.1) is 12.1 Å². The van der Waals surface area contributed by atoms with Gasteiger partial charge in [-0.05, 0) is 17.7 Å². The van der Waals surface area contributed by atoms with Crippen molar-refractivity contribution in [2.75, 3.05) is 6.54 Å². The van der Waals surface area contributed by atoms with Crippen LogP contribution in [0.2, 0.25) is 0 Å². The van der Waals surface area contributed by atoms with Gasteiger partial charge < -0.3 is 10.1 Å². The Kier molecular flexibility index (Phi) is 2.73. The SMILES string of the molecule is O=C1NC[C@@H](c2ccccc2)Oc2ccccc21. The average Bonchev–Trinajstić information content (AvgIpc) is 2.60. The van der Waals surface area contributed by atoms with E-state index in [1.807, 2.05) is 48.5 Å².